The van der Waals surface area contributed by atoms with E-state index in [1.165, 1.54) is 23.3 Å². The van der Waals surface area contributed by atoms with Gasteiger partial charge in [0.1, 0.15) is 4.88 Å². The molecule has 3 heterocycles. The Morgan fingerprint density at radius 1 is 1.12 bits per heavy atom. The predicted octanol–water partition coefficient (Wildman–Crippen LogP) is 2.35. The van der Waals surface area contributed by atoms with Gasteiger partial charge in [-0.05, 0) is 22.9 Å². The van der Waals surface area contributed by atoms with Crippen LogP contribution in [0.2, 0.25) is 0 Å². The number of hydrogen-bond acceptors (Lipinski definition) is 7. The molecular formula is C17H21N3O3S2. The molecule has 1 fully saturated rings. The molecule has 1 aliphatic heterocycles. The van der Waals surface area contributed by atoms with Gasteiger partial charge in [-0.15, -0.1) is 22.7 Å². The van der Waals surface area contributed by atoms with Gasteiger partial charge in [0.2, 0.25) is 5.91 Å². The maximum atomic E-state index is 12.3. The Morgan fingerprint density at radius 2 is 1.88 bits per heavy atom. The van der Waals surface area contributed by atoms with Gasteiger partial charge < -0.3 is 10.1 Å². The van der Waals surface area contributed by atoms with E-state index in [0.717, 1.165) is 32.7 Å². The van der Waals surface area contributed by atoms with Crippen LogP contribution in [0.5, 0.6) is 0 Å². The zero-order valence-corrected chi connectivity index (χ0v) is 15.7. The minimum atomic E-state index is -0.424. The first-order valence-corrected chi connectivity index (χ1v) is 9.84. The van der Waals surface area contributed by atoms with Crippen LogP contribution < -0.4 is 5.32 Å². The Bertz CT molecular complexity index is 707. The monoisotopic (exact) mass is 379 g/mol. The molecule has 25 heavy (non-hydrogen) atoms. The van der Waals surface area contributed by atoms with Crippen molar-refractivity contribution >= 4 is 40.2 Å². The number of piperazine rings is 1. The van der Waals surface area contributed by atoms with Crippen molar-refractivity contribution in [3.8, 4) is 0 Å². The first-order chi connectivity index (χ1) is 12.2. The van der Waals surface area contributed by atoms with Crippen LogP contribution in [0, 0.1) is 0 Å². The number of hydrogen-bond donors (Lipinski definition) is 1. The summed E-state index contributed by atoms with van der Waals surface area (Å²) in [6, 6.07) is 5.96. The van der Waals surface area contributed by atoms with Crippen molar-refractivity contribution < 1.29 is 14.3 Å². The lowest BCUT2D eigenvalue weighted by Gasteiger charge is -2.34. The molecule has 8 heteroatoms. The average Bonchev–Trinajstić information content (AvgIpc) is 3.28. The highest BCUT2D eigenvalue weighted by atomic mass is 32.1. The molecule has 1 amide bonds. The summed E-state index contributed by atoms with van der Waals surface area (Å²) in [6.07, 6.45) is 0. The smallest absolute Gasteiger partial charge is 0.350 e. The minimum absolute atomic E-state index is 0.102. The second kappa shape index (κ2) is 8.57. The number of rotatable bonds is 6. The fraction of sp³-hybridized carbons (Fsp3) is 0.412. The maximum absolute atomic E-state index is 12.3. The molecule has 0 spiro atoms. The summed E-state index contributed by atoms with van der Waals surface area (Å²) in [5, 5.41) is 6.69. The third kappa shape index (κ3) is 4.88. The largest absolute Gasteiger partial charge is 0.465 e. The van der Waals surface area contributed by atoms with Gasteiger partial charge in [-0.2, -0.15) is 0 Å². The van der Waals surface area contributed by atoms with Gasteiger partial charge in [0, 0.05) is 37.6 Å². The molecule has 0 radical (unpaired) electrons. The molecule has 2 aromatic heterocycles. The Labute approximate surface area is 155 Å². The second-order valence-corrected chi connectivity index (χ2v) is 7.78. The molecule has 0 saturated carbocycles. The molecular weight excluding hydrogens is 358 g/mol. The van der Waals surface area contributed by atoms with E-state index in [4.69, 9.17) is 4.74 Å². The zero-order valence-electron chi connectivity index (χ0n) is 14.1. The number of ether oxygens (including phenoxy) is 1. The summed E-state index contributed by atoms with van der Waals surface area (Å²) >= 11 is 3.04. The molecule has 3 rings (SSSR count). The molecule has 0 aromatic carbocycles. The van der Waals surface area contributed by atoms with Gasteiger partial charge in [-0.25, -0.2) is 4.79 Å². The van der Waals surface area contributed by atoms with Crippen LogP contribution in [0.1, 0.15) is 14.5 Å². The molecule has 1 N–H and O–H groups in total. The highest BCUT2D eigenvalue weighted by Gasteiger charge is 2.21. The van der Waals surface area contributed by atoms with Gasteiger partial charge in [-0.3, -0.25) is 14.6 Å². The summed E-state index contributed by atoms with van der Waals surface area (Å²) in [5.41, 5.74) is 0.526. The molecule has 1 saturated heterocycles. The zero-order chi connectivity index (χ0) is 17.6. The number of esters is 1. The number of carbonyl (C=O) groups is 2. The number of carbonyl (C=O) groups excluding carboxylic acids is 2. The number of nitrogens with zero attached hydrogens (tertiary/aromatic N) is 2. The van der Waals surface area contributed by atoms with E-state index in [0.29, 0.717) is 17.1 Å². The average molecular weight is 380 g/mol. The van der Waals surface area contributed by atoms with Gasteiger partial charge in [-0.1, -0.05) is 6.07 Å². The SMILES string of the molecule is COC(=O)c1sccc1NC(=O)CN1CCN(Cc2cccs2)CC1. The topological polar surface area (TPSA) is 61.9 Å². The molecule has 0 aliphatic carbocycles. The minimum Gasteiger partial charge on any atom is -0.465 e. The van der Waals surface area contributed by atoms with Crippen molar-refractivity contribution in [2.24, 2.45) is 0 Å². The van der Waals surface area contributed by atoms with E-state index >= 15 is 0 Å². The molecule has 0 unspecified atom stereocenters. The molecule has 2 aromatic rings. The normalized spacial score (nSPS) is 15.9. The standard InChI is InChI=1S/C17H21N3O3S2/c1-23-17(22)16-14(4-10-25-16)18-15(21)12-20-7-5-19(6-8-20)11-13-3-2-9-24-13/h2-4,9-10H,5-8,11-12H2,1H3,(H,18,21). The van der Waals surface area contributed by atoms with Crippen molar-refractivity contribution in [1.29, 1.82) is 0 Å². The van der Waals surface area contributed by atoms with Gasteiger partial charge in [0.15, 0.2) is 0 Å². The van der Waals surface area contributed by atoms with Crippen LogP contribution in [0.3, 0.4) is 0 Å². The van der Waals surface area contributed by atoms with Crippen LogP contribution in [0.4, 0.5) is 5.69 Å². The molecule has 0 atom stereocenters. The summed E-state index contributed by atoms with van der Waals surface area (Å²) in [7, 11) is 1.34. The highest BCUT2D eigenvalue weighted by molar-refractivity contribution is 7.12. The lowest BCUT2D eigenvalue weighted by molar-refractivity contribution is -0.117. The summed E-state index contributed by atoms with van der Waals surface area (Å²) in [5.74, 6) is -0.525. The van der Waals surface area contributed by atoms with Crippen molar-refractivity contribution in [1.82, 2.24) is 9.80 Å². The molecule has 134 valence electrons. The lowest BCUT2D eigenvalue weighted by Crippen LogP contribution is -2.48. The molecule has 1 aliphatic rings. The quantitative estimate of drug-likeness (QED) is 0.781. The number of thiophene rings is 2. The van der Waals surface area contributed by atoms with Gasteiger partial charge in [0.05, 0.1) is 19.3 Å². The van der Waals surface area contributed by atoms with Crippen molar-refractivity contribution in [3.05, 3.63) is 38.7 Å². The van der Waals surface area contributed by atoms with Crippen LogP contribution in [-0.2, 0) is 16.1 Å². The number of amides is 1. The Kier molecular flexibility index (Phi) is 6.19. The first kappa shape index (κ1) is 18.1. The molecule has 6 nitrogen and oxygen atoms in total. The van der Waals surface area contributed by atoms with Crippen molar-refractivity contribution in [2.45, 2.75) is 6.54 Å². The number of anilines is 1. The third-order valence-corrected chi connectivity index (χ3v) is 5.86. The third-order valence-electron chi connectivity index (χ3n) is 4.10. The Hall–Kier alpha value is -1.74. The van der Waals surface area contributed by atoms with E-state index in [-0.39, 0.29) is 5.91 Å². The van der Waals surface area contributed by atoms with E-state index in [1.54, 1.807) is 22.8 Å². The first-order valence-electron chi connectivity index (χ1n) is 8.08. The van der Waals surface area contributed by atoms with E-state index in [2.05, 4.69) is 32.6 Å². The second-order valence-electron chi connectivity index (χ2n) is 5.83. The maximum Gasteiger partial charge on any atom is 0.350 e. The van der Waals surface area contributed by atoms with E-state index < -0.39 is 5.97 Å². The fourth-order valence-electron chi connectivity index (χ4n) is 2.78. The van der Waals surface area contributed by atoms with Crippen molar-refractivity contribution in [2.75, 3.05) is 45.2 Å². The Morgan fingerprint density at radius 3 is 2.56 bits per heavy atom. The van der Waals surface area contributed by atoms with Crippen molar-refractivity contribution in [3.63, 3.8) is 0 Å². The van der Waals surface area contributed by atoms with E-state index in [9.17, 15) is 9.59 Å². The van der Waals surface area contributed by atoms with Crippen LogP contribution in [0.25, 0.3) is 0 Å². The number of methoxy groups -OCH3 is 1. The fourth-order valence-corrected chi connectivity index (χ4v) is 4.29. The highest BCUT2D eigenvalue weighted by Crippen LogP contribution is 2.23. The number of nitrogens with one attached hydrogen (secondary N) is 1. The van der Waals surface area contributed by atoms with Crippen LogP contribution in [0.15, 0.2) is 29.0 Å². The van der Waals surface area contributed by atoms with E-state index in [1.807, 2.05) is 0 Å². The lowest BCUT2D eigenvalue weighted by atomic mass is 10.3. The summed E-state index contributed by atoms with van der Waals surface area (Å²) in [6.45, 7) is 4.96. The van der Waals surface area contributed by atoms with Gasteiger partial charge >= 0.3 is 5.97 Å². The van der Waals surface area contributed by atoms with Gasteiger partial charge in [0.25, 0.3) is 0 Å². The summed E-state index contributed by atoms with van der Waals surface area (Å²) in [4.78, 5) is 30.3. The predicted molar refractivity (Wildman–Crippen MR) is 100 cm³/mol. The summed E-state index contributed by atoms with van der Waals surface area (Å²) < 4.78 is 4.73. The van der Waals surface area contributed by atoms with Crippen LogP contribution >= 0.6 is 22.7 Å². The molecule has 0 bridgehead atoms. The van der Waals surface area contributed by atoms with Crippen LogP contribution in [-0.4, -0.2) is 61.5 Å². The Balaban J connectivity index is 1.45.